The van der Waals surface area contributed by atoms with Crippen molar-refractivity contribution in [3.8, 4) is 0 Å². The molecule has 4 nitrogen and oxygen atoms in total. The lowest BCUT2D eigenvalue weighted by Crippen LogP contribution is -2.18. The van der Waals surface area contributed by atoms with E-state index in [0.717, 1.165) is 51.4 Å². The zero-order valence-electron chi connectivity index (χ0n) is 14.9. The molecule has 1 rings (SSSR count). The average molecular weight is 338 g/mol. The zero-order valence-corrected chi connectivity index (χ0v) is 14.9. The molecule has 1 saturated carbocycles. The van der Waals surface area contributed by atoms with E-state index in [2.05, 4.69) is 13.0 Å². The predicted octanol–water partition coefficient (Wildman–Crippen LogP) is 4.07. The van der Waals surface area contributed by atoms with Crippen LogP contribution in [0.5, 0.6) is 0 Å². The minimum Gasteiger partial charge on any atom is -0.481 e. The first-order chi connectivity index (χ1) is 11.5. The van der Waals surface area contributed by atoms with Gasteiger partial charge in [-0.1, -0.05) is 50.5 Å². The second kappa shape index (κ2) is 12.3. The lowest BCUT2D eigenvalue weighted by Gasteiger charge is -2.19. The molecule has 1 fully saturated rings. The molecule has 4 atom stereocenters. The maximum absolute atomic E-state index is 10.4. The third kappa shape index (κ3) is 8.65. The SMILES string of the molecule is CCCCCC(O)/C=C/C1CCC(O)C1CC/C=C\CCC(=O)O. The van der Waals surface area contributed by atoms with Gasteiger partial charge in [0.25, 0.3) is 0 Å². The molecule has 0 spiro atoms. The highest BCUT2D eigenvalue weighted by Crippen LogP contribution is 2.36. The van der Waals surface area contributed by atoms with Gasteiger partial charge < -0.3 is 15.3 Å². The van der Waals surface area contributed by atoms with Gasteiger partial charge in [-0.25, -0.2) is 0 Å². The Bertz CT molecular complexity index is 402. The van der Waals surface area contributed by atoms with Crippen LogP contribution in [-0.2, 0) is 4.79 Å². The first kappa shape index (κ1) is 20.9. The molecule has 0 heterocycles. The lowest BCUT2D eigenvalue weighted by atomic mass is 9.89. The number of carbonyl (C=O) groups is 1. The van der Waals surface area contributed by atoms with E-state index in [-0.39, 0.29) is 24.5 Å². The molecule has 4 heteroatoms. The van der Waals surface area contributed by atoms with E-state index in [0.29, 0.717) is 12.3 Å². The molecule has 0 aromatic rings. The maximum Gasteiger partial charge on any atom is 0.303 e. The van der Waals surface area contributed by atoms with E-state index >= 15 is 0 Å². The molecular weight excluding hydrogens is 304 g/mol. The third-order valence-electron chi connectivity index (χ3n) is 4.88. The quantitative estimate of drug-likeness (QED) is 0.370. The average Bonchev–Trinajstić information content (AvgIpc) is 2.89. The number of allylic oxidation sites excluding steroid dienone is 3. The van der Waals surface area contributed by atoms with Gasteiger partial charge in [-0.3, -0.25) is 4.79 Å². The fraction of sp³-hybridized carbons (Fsp3) is 0.750. The summed E-state index contributed by atoms with van der Waals surface area (Å²) in [6, 6.07) is 0. The van der Waals surface area contributed by atoms with Gasteiger partial charge in [-0.2, -0.15) is 0 Å². The van der Waals surface area contributed by atoms with Crippen molar-refractivity contribution in [3.63, 3.8) is 0 Å². The van der Waals surface area contributed by atoms with E-state index in [1.165, 1.54) is 0 Å². The smallest absolute Gasteiger partial charge is 0.303 e. The highest BCUT2D eigenvalue weighted by molar-refractivity contribution is 5.66. The molecule has 0 amide bonds. The van der Waals surface area contributed by atoms with Crippen LogP contribution in [0.4, 0.5) is 0 Å². The number of unbranched alkanes of at least 4 members (excludes halogenated alkanes) is 2. The summed E-state index contributed by atoms with van der Waals surface area (Å²) in [5, 5.41) is 28.8. The summed E-state index contributed by atoms with van der Waals surface area (Å²) in [5.41, 5.74) is 0. The number of carboxylic acids is 1. The maximum atomic E-state index is 10.4. The molecule has 0 radical (unpaired) electrons. The van der Waals surface area contributed by atoms with Crippen LogP contribution in [-0.4, -0.2) is 33.5 Å². The standard InChI is InChI=1S/C20H34O4/c1-2-3-6-9-17(21)14-12-16-13-15-19(22)18(16)10-7-4-5-8-11-20(23)24/h4-5,12,14,16-19,21-22H,2-3,6-11,13,15H2,1H3,(H,23,24)/b5-4-,14-12+. The van der Waals surface area contributed by atoms with Gasteiger partial charge in [0.05, 0.1) is 12.2 Å². The zero-order chi connectivity index (χ0) is 17.8. The number of aliphatic hydroxyl groups excluding tert-OH is 2. The first-order valence-electron chi connectivity index (χ1n) is 9.45. The predicted molar refractivity (Wildman–Crippen MR) is 96.8 cm³/mol. The Morgan fingerprint density at radius 2 is 1.96 bits per heavy atom. The Balaban J connectivity index is 2.34. The number of rotatable bonds is 12. The minimum absolute atomic E-state index is 0.170. The van der Waals surface area contributed by atoms with Crippen molar-refractivity contribution in [2.24, 2.45) is 11.8 Å². The van der Waals surface area contributed by atoms with E-state index in [4.69, 9.17) is 5.11 Å². The first-order valence-corrected chi connectivity index (χ1v) is 9.45. The van der Waals surface area contributed by atoms with Crippen molar-refractivity contribution in [3.05, 3.63) is 24.3 Å². The molecule has 1 aliphatic carbocycles. The van der Waals surface area contributed by atoms with Crippen molar-refractivity contribution in [1.82, 2.24) is 0 Å². The summed E-state index contributed by atoms with van der Waals surface area (Å²) in [7, 11) is 0. The molecule has 0 bridgehead atoms. The van der Waals surface area contributed by atoms with Crippen LogP contribution in [0.3, 0.4) is 0 Å². The molecule has 24 heavy (non-hydrogen) atoms. The van der Waals surface area contributed by atoms with Crippen LogP contribution in [0, 0.1) is 11.8 Å². The van der Waals surface area contributed by atoms with Gasteiger partial charge in [-0.05, 0) is 50.4 Å². The lowest BCUT2D eigenvalue weighted by molar-refractivity contribution is -0.136. The van der Waals surface area contributed by atoms with Crippen LogP contribution < -0.4 is 0 Å². The van der Waals surface area contributed by atoms with E-state index in [1.54, 1.807) is 0 Å². The minimum atomic E-state index is -0.770. The van der Waals surface area contributed by atoms with Crippen molar-refractivity contribution in [2.75, 3.05) is 0 Å². The van der Waals surface area contributed by atoms with Gasteiger partial charge in [0, 0.05) is 6.42 Å². The Kier molecular flexibility index (Phi) is 10.7. The number of aliphatic hydroxyl groups is 2. The molecule has 0 aliphatic heterocycles. The van der Waals surface area contributed by atoms with Gasteiger partial charge in [-0.15, -0.1) is 0 Å². The largest absolute Gasteiger partial charge is 0.481 e. The van der Waals surface area contributed by atoms with Gasteiger partial charge in [0.1, 0.15) is 0 Å². The monoisotopic (exact) mass is 338 g/mol. The Morgan fingerprint density at radius 3 is 2.67 bits per heavy atom. The Morgan fingerprint density at radius 1 is 1.21 bits per heavy atom. The van der Waals surface area contributed by atoms with Crippen molar-refractivity contribution >= 4 is 5.97 Å². The van der Waals surface area contributed by atoms with Gasteiger partial charge >= 0.3 is 5.97 Å². The summed E-state index contributed by atoms with van der Waals surface area (Å²) in [6.45, 7) is 2.16. The summed E-state index contributed by atoms with van der Waals surface area (Å²) in [5.74, 6) is -0.185. The fourth-order valence-corrected chi connectivity index (χ4v) is 3.42. The van der Waals surface area contributed by atoms with E-state index < -0.39 is 5.97 Å². The fourth-order valence-electron chi connectivity index (χ4n) is 3.42. The molecule has 0 saturated heterocycles. The summed E-state index contributed by atoms with van der Waals surface area (Å²) in [4.78, 5) is 10.4. The molecule has 0 aromatic carbocycles. The van der Waals surface area contributed by atoms with E-state index in [9.17, 15) is 15.0 Å². The Labute approximate surface area is 146 Å². The van der Waals surface area contributed by atoms with Crippen molar-refractivity contribution < 1.29 is 20.1 Å². The normalized spacial score (nSPS) is 25.7. The summed E-state index contributed by atoms with van der Waals surface area (Å²) in [6.07, 6.45) is 15.8. The van der Waals surface area contributed by atoms with Crippen molar-refractivity contribution in [1.29, 1.82) is 0 Å². The molecule has 3 N–H and O–H groups in total. The molecule has 4 unspecified atom stereocenters. The summed E-state index contributed by atoms with van der Waals surface area (Å²) < 4.78 is 0. The number of hydrogen-bond donors (Lipinski definition) is 3. The highest BCUT2D eigenvalue weighted by Gasteiger charge is 2.32. The van der Waals surface area contributed by atoms with Crippen LogP contribution in [0.25, 0.3) is 0 Å². The Hall–Kier alpha value is -1.13. The van der Waals surface area contributed by atoms with Gasteiger partial charge in [0.15, 0.2) is 0 Å². The van der Waals surface area contributed by atoms with Gasteiger partial charge in [0.2, 0.25) is 0 Å². The second-order valence-electron chi connectivity index (χ2n) is 6.90. The summed E-state index contributed by atoms with van der Waals surface area (Å²) >= 11 is 0. The van der Waals surface area contributed by atoms with Crippen molar-refractivity contribution in [2.45, 2.75) is 83.3 Å². The third-order valence-corrected chi connectivity index (χ3v) is 4.88. The second-order valence-corrected chi connectivity index (χ2v) is 6.90. The highest BCUT2D eigenvalue weighted by atomic mass is 16.4. The molecule has 138 valence electrons. The number of hydrogen-bond acceptors (Lipinski definition) is 3. The number of carboxylic acid groups (broad SMARTS) is 1. The van der Waals surface area contributed by atoms with Crippen LogP contribution in [0.15, 0.2) is 24.3 Å². The van der Waals surface area contributed by atoms with Crippen LogP contribution >= 0.6 is 0 Å². The molecule has 1 aliphatic rings. The topological polar surface area (TPSA) is 77.8 Å². The molecule has 0 aromatic heterocycles. The molecular formula is C20H34O4. The van der Waals surface area contributed by atoms with Crippen LogP contribution in [0.1, 0.15) is 71.1 Å². The van der Waals surface area contributed by atoms with E-state index in [1.807, 2.05) is 18.2 Å². The number of aliphatic carboxylic acids is 1. The van der Waals surface area contributed by atoms with Crippen LogP contribution in [0.2, 0.25) is 0 Å².